The molecule has 1 aromatic heterocycles. The van der Waals surface area contributed by atoms with Crippen LogP contribution in [0.25, 0.3) is 0 Å². The molecule has 20 heavy (non-hydrogen) atoms. The Kier molecular flexibility index (Phi) is 4.24. The highest BCUT2D eigenvalue weighted by molar-refractivity contribution is 7.89. The standard InChI is InChI=1S/C12H17N3O4S/c1-2-14-9-6-10(8-13-7-9)20(18,19)15-5-3-4-11(15)12(16)17/h6-8,11,14H,2-5H2,1H3,(H,16,17). The lowest BCUT2D eigenvalue weighted by Crippen LogP contribution is -2.40. The number of aromatic nitrogens is 1. The fourth-order valence-corrected chi connectivity index (χ4v) is 3.91. The highest BCUT2D eigenvalue weighted by atomic mass is 32.2. The van der Waals surface area contributed by atoms with Crippen LogP contribution in [0.5, 0.6) is 0 Å². The molecule has 2 heterocycles. The zero-order valence-electron chi connectivity index (χ0n) is 11.1. The number of pyridine rings is 1. The van der Waals surface area contributed by atoms with Crippen molar-refractivity contribution >= 4 is 21.7 Å². The lowest BCUT2D eigenvalue weighted by Gasteiger charge is -2.21. The number of hydrogen-bond acceptors (Lipinski definition) is 5. The Morgan fingerprint density at radius 3 is 2.95 bits per heavy atom. The summed E-state index contributed by atoms with van der Waals surface area (Å²) < 4.78 is 26.0. The maximum absolute atomic E-state index is 12.5. The Bertz CT molecular complexity index is 602. The monoisotopic (exact) mass is 299 g/mol. The van der Waals surface area contributed by atoms with E-state index >= 15 is 0 Å². The van der Waals surface area contributed by atoms with Gasteiger partial charge >= 0.3 is 5.97 Å². The van der Waals surface area contributed by atoms with Crippen molar-refractivity contribution in [1.82, 2.24) is 9.29 Å². The summed E-state index contributed by atoms with van der Waals surface area (Å²) in [5, 5.41) is 12.1. The first-order valence-corrected chi connectivity index (χ1v) is 7.84. The second kappa shape index (κ2) is 5.76. The number of aliphatic carboxylic acids is 1. The first-order valence-electron chi connectivity index (χ1n) is 6.40. The number of carboxylic acids is 1. The van der Waals surface area contributed by atoms with Crippen LogP contribution in [0, 0.1) is 0 Å². The van der Waals surface area contributed by atoms with E-state index in [2.05, 4.69) is 10.3 Å². The molecular weight excluding hydrogens is 282 g/mol. The Morgan fingerprint density at radius 2 is 2.30 bits per heavy atom. The summed E-state index contributed by atoms with van der Waals surface area (Å²) in [5.41, 5.74) is 0.597. The predicted molar refractivity (Wildman–Crippen MR) is 73.0 cm³/mol. The van der Waals surface area contributed by atoms with Crippen LogP contribution in [0.3, 0.4) is 0 Å². The number of carbonyl (C=O) groups is 1. The van der Waals surface area contributed by atoms with Crippen molar-refractivity contribution < 1.29 is 18.3 Å². The summed E-state index contributed by atoms with van der Waals surface area (Å²) >= 11 is 0. The van der Waals surface area contributed by atoms with Crippen LogP contribution < -0.4 is 5.32 Å². The van der Waals surface area contributed by atoms with Gasteiger partial charge in [0.05, 0.1) is 11.9 Å². The van der Waals surface area contributed by atoms with E-state index in [1.165, 1.54) is 18.5 Å². The van der Waals surface area contributed by atoms with Crippen molar-refractivity contribution in [3.05, 3.63) is 18.5 Å². The van der Waals surface area contributed by atoms with Gasteiger partial charge in [0.15, 0.2) is 0 Å². The average Bonchev–Trinajstić information content (AvgIpc) is 2.89. The molecule has 0 spiro atoms. The Morgan fingerprint density at radius 1 is 1.55 bits per heavy atom. The van der Waals surface area contributed by atoms with E-state index in [1.807, 2.05) is 6.92 Å². The van der Waals surface area contributed by atoms with Crippen LogP contribution in [0.4, 0.5) is 5.69 Å². The molecule has 0 radical (unpaired) electrons. The largest absolute Gasteiger partial charge is 0.480 e. The number of nitrogens with zero attached hydrogens (tertiary/aromatic N) is 2. The molecule has 0 saturated carbocycles. The van der Waals surface area contributed by atoms with Crippen LogP contribution >= 0.6 is 0 Å². The summed E-state index contributed by atoms with van der Waals surface area (Å²) in [5.74, 6) is -1.11. The Balaban J connectivity index is 2.34. The molecule has 2 N–H and O–H groups in total. The van der Waals surface area contributed by atoms with Gasteiger partial charge in [0.25, 0.3) is 0 Å². The van der Waals surface area contributed by atoms with E-state index in [0.29, 0.717) is 25.1 Å². The molecule has 0 amide bonds. The molecule has 0 bridgehead atoms. The number of sulfonamides is 1. The predicted octanol–water partition coefficient (Wildman–Crippen LogP) is 0.751. The smallest absolute Gasteiger partial charge is 0.322 e. The number of anilines is 1. The number of hydrogen-bond donors (Lipinski definition) is 2. The normalized spacial score (nSPS) is 19.9. The molecule has 0 aliphatic carbocycles. The Hall–Kier alpha value is -1.67. The van der Waals surface area contributed by atoms with Crippen LogP contribution in [0.2, 0.25) is 0 Å². The number of nitrogens with one attached hydrogen (secondary N) is 1. The van der Waals surface area contributed by atoms with Gasteiger partial charge in [0.1, 0.15) is 10.9 Å². The molecule has 1 atom stereocenters. The zero-order valence-corrected chi connectivity index (χ0v) is 11.9. The van der Waals surface area contributed by atoms with Crippen molar-refractivity contribution in [1.29, 1.82) is 0 Å². The fourth-order valence-electron chi connectivity index (χ4n) is 2.27. The molecule has 1 fully saturated rings. The fraction of sp³-hybridized carbons (Fsp3) is 0.500. The first-order chi connectivity index (χ1) is 9.46. The molecular formula is C12H17N3O4S. The van der Waals surface area contributed by atoms with E-state index < -0.39 is 22.0 Å². The lowest BCUT2D eigenvalue weighted by molar-refractivity contribution is -0.140. The molecule has 1 aromatic rings. The summed E-state index contributed by atoms with van der Waals surface area (Å²) in [7, 11) is -3.82. The van der Waals surface area contributed by atoms with Crippen molar-refractivity contribution in [3.63, 3.8) is 0 Å². The maximum atomic E-state index is 12.5. The van der Waals surface area contributed by atoms with Crippen LogP contribution in [0.15, 0.2) is 23.4 Å². The van der Waals surface area contributed by atoms with Gasteiger partial charge in [-0.2, -0.15) is 4.31 Å². The summed E-state index contributed by atoms with van der Waals surface area (Å²) in [6.45, 7) is 2.76. The maximum Gasteiger partial charge on any atom is 0.322 e. The third-order valence-electron chi connectivity index (χ3n) is 3.19. The molecule has 8 heteroatoms. The Labute approximate surface area is 117 Å². The minimum Gasteiger partial charge on any atom is -0.480 e. The van der Waals surface area contributed by atoms with E-state index in [-0.39, 0.29) is 11.4 Å². The highest BCUT2D eigenvalue weighted by Crippen LogP contribution is 2.26. The highest BCUT2D eigenvalue weighted by Gasteiger charge is 2.39. The minimum absolute atomic E-state index is 0.0177. The lowest BCUT2D eigenvalue weighted by atomic mass is 10.2. The molecule has 1 unspecified atom stereocenters. The summed E-state index contributed by atoms with van der Waals surface area (Å²) in [4.78, 5) is 15.0. The zero-order chi connectivity index (χ0) is 14.8. The van der Waals surface area contributed by atoms with E-state index in [1.54, 1.807) is 0 Å². The molecule has 110 valence electrons. The SMILES string of the molecule is CCNc1cncc(S(=O)(=O)N2CCCC2C(=O)O)c1. The number of rotatable bonds is 5. The van der Waals surface area contributed by atoms with Crippen molar-refractivity contribution in [3.8, 4) is 0 Å². The van der Waals surface area contributed by atoms with E-state index in [9.17, 15) is 13.2 Å². The topological polar surface area (TPSA) is 99.6 Å². The van der Waals surface area contributed by atoms with E-state index in [4.69, 9.17) is 5.11 Å². The minimum atomic E-state index is -3.82. The van der Waals surface area contributed by atoms with Crippen LogP contribution in [0.1, 0.15) is 19.8 Å². The van der Waals surface area contributed by atoms with Gasteiger partial charge in [0, 0.05) is 19.3 Å². The van der Waals surface area contributed by atoms with Crippen molar-refractivity contribution in [2.45, 2.75) is 30.7 Å². The van der Waals surface area contributed by atoms with Gasteiger partial charge in [0.2, 0.25) is 10.0 Å². The second-order valence-electron chi connectivity index (χ2n) is 4.55. The second-order valence-corrected chi connectivity index (χ2v) is 6.44. The van der Waals surface area contributed by atoms with Gasteiger partial charge in [-0.05, 0) is 25.8 Å². The van der Waals surface area contributed by atoms with Crippen LogP contribution in [-0.4, -0.2) is 47.9 Å². The summed E-state index contributed by atoms with van der Waals surface area (Å²) in [6.07, 6.45) is 3.67. The van der Waals surface area contributed by atoms with Crippen molar-refractivity contribution in [2.24, 2.45) is 0 Å². The van der Waals surface area contributed by atoms with Gasteiger partial charge < -0.3 is 10.4 Å². The van der Waals surface area contributed by atoms with Crippen molar-refractivity contribution in [2.75, 3.05) is 18.4 Å². The molecule has 1 aliphatic heterocycles. The third kappa shape index (κ3) is 2.75. The molecule has 7 nitrogen and oxygen atoms in total. The quantitative estimate of drug-likeness (QED) is 0.832. The van der Waals surface area contributed by atoms with Gasteiger partial charge in [-0.25, -0.2) is 8.42 Å². The first kappa shape index (κ1) is 14.7. The molecule has 2 rings (SSSR count). The van der Waals surface area contributed by atoms with E-state index in [0.717, 1.165) is 4.31 Å². The average molecular weight is 299 g/mol. The van der Waals surface area contributed by atoms with Gasteiger partial charge in [-0.15, -0.1) is 0 Å². The molecule has 1 aliphatic rings. The van der Waals surface area contributed by atoms with Gasteiger partial charge in [-0.1, -0.05) is 0 Å². The summed E-state index contributed by atoms with van der Waals surface area (Å²) in [6, 6.07) is 0.492. The third-order valence-corrected chi connectivity index (χ3v) is 5.06. The van der Waals surface area contributed by atoms with Crippen LogP contribution in [-0.2, 0) is 14.8 Å². The molecule has 0 aromatic carbocycles. The molecule has 1 saturated heterocycles. The van der Waals surface area contributed by atoms with Gasteiger partial charge in [-0.3, -0.25) is 9.78 Å². The number of carboxylic acid groups (broad SMARTS) is 1.